The average Bonchev–Trinajstić information content (AvgIpc) is 2.14. The maximum absolute atomic E-state index is 10.2. The highest BCUT2D eigenvalue weighted by Gasteiger charge is 2.43. The van der Waals surface area contributed by atoms with E-state index in [9.17, 15) is 5.11 Å². The third-order valence-electron chi connectivity index (χ3n) is 2.88. The Morgan fingerprint density at radius 1 is 1.86 bits per heavy atom. The minimum Gasteiger partial charge on any atom is -0.372 e. The first-order chi connectivity index (χ1) is 6.43. The van der Waals surface area contributed by atoms with Crippen molar-refractivity contribution in [2.75, 3.05) is 0 Å². The lowest BCUT2D eigenvalue weighted by molar-refractivity contribution is 0.112. The number of hydrogen-bond acceptors (Lipinski definition) is 1. The van der Waals surface area contributed by atoms with Crippen LogP contribution in [0.2, 0.25) is 0 Å². The van der Waals surface area contributed by atoms with Gasteiger partial charge in [-0.2, -0.15) is 0 Å². The predicted octanol–water partition coefficient (Wildman–Crippen LogP) is 2.50. The van der Waals surface area contributed by atoms with Crippen LogP contribution in [-0.4, -0.2) is 16.1 Å². The Morgan fingerprint density at radius 2 is 2.43 bits per heavy atom. The topological polar surface area (TPSA) is 20.2 Å². The van der Waals surface area contributed by atoms with Gasteiger partial charge in [0.25, 0.3) is 0 Å². The third kappa shape index (κ3) is 1.61. The Hall–Kier alpha value is -0.710. The van der Waals surface area contributed by atoms with Crippen molar-refractivity contribution in [3.05, 3.63) is 23.8 Å². The minimum absolute atomic E-state index is 0.0569. The second-order valence-electron chi connectivity index (χ2n) is 3.89. The molecule has 76 valence electrons. The molecule has 3 atom stereocenters. The quantitative estimate of drug-likeness (QED) is 0.401. The molecule has 1 aliphatic carbocycles. The summed E-state index contributed by atoms with van der Waals surface area (Å²) in [5, 5.41) is 9.68. The fraction of sp³-hybridized carbons (Fsp3) is 0.500. The lowest BCUT2D eigenvalue weighted by atomic mass is 9.76. The number of hydrogen-bond donors (Lipinski definition) is 1. The largest absolute Gasteiger partial charge is 0.372 e. The molecule has 14 heavy (non-hydrogen) atoms. The predicted molar refractivity (Wildman–Crippen MR) is 60.1 cm³/mol. The molecule has 0 aliphatic heterocycles. The monoisotopic (exact) mass is 210 g/mol. The maximum Gasteiger partial charge on any atom is 0.163 e. The summed E-state index contributed by atoms with van der Waals surface area (Å²) in [5.74, 6) is 2.44. The number of allylic oxidation sites excluding steroid dienone is 2. The standard InChI is InChI=1S/C12H15ClO/c1-5-12(14)9(4)6-7-10(8(2)3)11(12)13/h1,6,10-11,14H,2,7H2,3-4H3/t10-,11-,12+/m1/s1. The van der Waals surface area contributed by atoms with E-state index in [4.69, 9.17) is 18.0 Å². The van der Waals surface area contributed by atoms with Crippen molar-refractivity contribution in [3.8, 4) is 12.3 Å². The Labute approximate surface area is 90.5 Å². The van der Waals surface area contributed by atoms with Crippen LogP contribution < -0.4 is 0 Å². The summed E-state index contributed by atoms with van der Waals surface area (Å²) in [6.07, 6.45) is 8.07. The molecule has 0 heterocycles. The van der Waals surface area contributed by atoms with E-state index in [1.807, 2.05) is 19.9 Å². The van der Waals surface area contributed by atoms with Crippen molar-refractivity contribution < 1.29 is 5.11 Å². The highest BCUT2D eigenvalue weighted by Crippen LogP contribution is 2.39. The van der Waals surface area contributed by atoms with Crippen LogP contribution in [0.4, 0.5) is 0 Å². The molecule has 0 aromatic carbocycles. The molecule has 1 aliphatic rings. The van der Waals surface area contributed by atoms with Gasteiger partial charge in [0.1, 0.15) is 0 Å². The first kappa shape index (κ1) is 11.4. The van der Waals surface area contributed by atoms with Crippen molar-refractivity contribution in [3.63, 3.8) is 0 Å². The summed E-state index contributed by atoms with van der Waals surface area (Å²) in [5.41, 5.74) is 0.406. The summed E-state index contributed by atoms with van der Waals surface area (Å²) in [7, 11) is 0. The van der Waals surface area contributed by atoms with Crippen molar-refractivity contribution >= 4 is 11.6 Å². The number of rotatable bonds is 1. The van der Waals surface area contributed by atoms with Gasteiger partial charge in [0.15, 0.2) is 5.60 Å². The summed E-state index contributed by atoms with van der Waals surface area (Å²) < 4.78 is 0. The molecule has 0 unspecified atom stereocenters. The van der Waals surface area contributed by atoms with Gasteiger partial charge in [-0.1, -0.05) is 24.1 Å². The first-order valence-electron chi connectivity index (χ1n) is 4.60. The molecule has 1 rings (SSSR count). The van der Waals surface area contributed by atoms with Crippen LogP contribution in [0.15, 0.2) is 23.8 Å². The van der Waals surface area contributed by atoms with Crippen LogP contribution in [0.3, 0.4) is 0 Å². The van der Waals surface area contributed by atoms with Gasteiger partial charge in [-0.25, -0.2) is 0 Å². The summed E-state index contributed by atoms with van der Waals surface area (Å²) in [6, 6.07) is 0. The summed E-state index contributed by atoms with van der Waals surface area (Å²) in [6.45, 7) is 7.58. The smallest absolute Gasteiger partial charge is 0.163 e. The lowest BCUT2D eigenvalue weighted by Crippen LogP contribution is -2.45. The molecule has 1 N–H and O–H groups in total. The van der Waals surface area contributed by atoms with Gasteiger partial charge in [0.05, 0.1) is 5.38 Å². The molecule has 0 aromatic heterocycles. The minimum atomic E-state index is -1.32. The van der Waals surface area contributed by atoms with Crippen LogP contribution in [0, 0.1) is 18.3 Å². The normalized spacial score (nSPS) is 37.2. The molecule has 0 aromatic rings. The lowest BCUT2D eigenvalue weighted by Gasteiger charge is -2.37. The highest BCUT2D eigenvalue weighted by molar-refractivity contribution is 6.22. The fourth-order valence-electron chi connectivity index (χ4n) is 1.73. The van der Waals surface area contributed by atoms with Gasteiger partial charge in [0.2, 0.25) is 0 Å². The molecule has 0 fully saturated rings. The zero-order valence-corrected chi connectivity index (χ0v) is 9.30. The van der Waals surface area contributed by atoms with E-state index in [0.29, 0.717) is 0 Å². The summed E-state index contributed by atoms with van der Waals surface area (Å²) >= 11 is 6.19. The van der Waals surface area contributed by atoms with Crippen LogP contribution >= 0.6 is 11.6 Å². The Kier molecular flexibility index (Phi) is 3.09. The van der Waals surface area contributed by atoms with E-state index in [2.05, 4.69) is 12.5 Å². The Morgan fingerprint density at radius 3 is 2.86 bits per heavy atom. The molecule has 2 heteroatoms. The molecule has 0 saturated carbocycles. The third-order valence-corrected chi connectivity index (χ3v) is 3.50. The van der Waals surface area contributed by atoms with Gasteiger partial charge in [0, 0.05) is 5.92 Å². The van der Waals surface area contributed by atoms with E-state index in [0.717, 1.165) is 17.6 Å². The summed E-state index contributed by atoms with van der Waals surface area (Å²) in [4.78, 5) is 0. The van der Waals surface area contributed by atoms with E-state index in [1.54, 1.807) is 0 Å². The van der Waals surface area contributed by atoms with Crippen molar-refractivity contribution in [2.24, 2.45) is 5.92 Å². The highest BCUT2D eigenvalue weighted by atomic mass is 35.5. The first-order valence-corrected chi connectivity index (χ1v) is 5.04. The fourth-order valence-corrected chi connectivity index (χ4v) is 2.28. The van der Waals surface area contributed by atoms with Gasteiger partial charge in [-0.05, 0) is 25.8 Å². The molecule has 0 saturated heterocycles. The number of terminal acetylenes is 1. The van der Waals surface area contributed by atoms with Crippen LogP contribution in [0.5, 0.6) is 0 Å². The van der Waals surface area contributed by atoms with Gasteiger partial charge in [-0.15, -0.1) is 18.0 Å². The maximum atomic E-state index is 10.2. The molecule has 0 radical (unpaired) electrons. The van der Waals surface area contributed by atoms with Crippen molar-refractivity contribution in [2.45, 2.75) is 31.2 Å². The van der Waals surface area contributed by atoms with Gasteiger partial charge in [-0.3, -0.25) is 0 Å². The van der Waals surface area contributed by atoms with E-state index >= 15 is 0 Å². The van der Waals surface area contributed by atoms with Crippen LogP contribution in [0.1, 0.15) is 20.3 Å². The zero-order valence-electron chi connectivity index (χ0n) is 8.55. The van der Waals surface area contributed by atoms with Gasteiger partial charge >= 0.3 is 0 Å². The number of alkyl halides is 1. The molecule has 1 nitrogen and oxygen atoms in total. The molecule has 0 amide bonds. The second kappa shape index (κ2) is 3.81. The molecular formula is C12H15ClO. The molecule has 0 bridgehead atoms. The van der Waals surface area contributed by atoms with E-state index < -0.39 is 11.0 Å². The van der Waals surface area contributed by atoms with E-state index in [1.165, 1.54) is 0 Å². The molecular weight excluding hydrogens is 196 g/mol. The Balaban J connectivity index is 3.10. The van der Waals surface area contributed by atoms with Crippen molar-refractivity contribution in [1.82, 2.24) is 0 Å². The Bertz CT molecular complexity index is 324. The number of halogens is 1. The van der Waals surface area contributed by atoms with Crippen LogP contribution in [-0.2, 0) is 0 Å². The zero-order chi connectivity index (χ0) is 10.9. The second-order valence-corrected chi connectivity index (χ2v) is 4.36. The molecule has 0 spiro atoms. The van der Waals surface area contributed by atoms with Crippen molar-refractivity contribution in [1.29, 1.82) is 0 Å². The number of aliphatic hydroxyl groups is 1. The van der Waals surface area contributed by atoms with Gasteiger partial charge < -0.3 is 5.11 Å². The van der Waals surface area contributed by atoms with E-state index in [-0.39, 0.29) is 5.92 Å². The average molecular weight is 211 g/mol. The SMILES string of the molecule is C#C[C@]1(O)C(C)=CC[C@H](C(=C)C)[C@H]1Cl. The van der Waals surface area contributed by atoms with Crippen LogP contribution in [0.25, 0.3) is 0 Å².